The summed E-state index contributed by atoms with van der Waals surface area (Å²) < 4.78 is 0. The van der Waals surface area contributed by atoms with Gasteiger partial charge in [0.2, 0.25) is 0 Å². The SMILES string of the molecule is Cc1cccnc1CNC1CC(C)CC(C)(C)C1. The fraction of sp³-hybridized carbons (Fsp3) is 0.688. The average Bonchev–Trinajstić information content (AvgIpc) is 2.25. The van der Waals surface area contributed by atoms with E-state index in [0.29, 0.717) is 11.5 Å². The van der Waals surface area contributed by atoms with Gasteiger partial charge in [-0.1, -0.05) is 26.8 Å². The van der Waals surface area contributed by atoms with Crippen molar-refractivity contribution in [3.05, 3.63) is 29.6 Å². The molecule has 2 unspecified atom stereocenters. The maximum Gasteiger partial charge on any atom is 0.0570 e. The lowest BCUT2D eigenvalue weighted by molar-refractivity contribution is 0.150. The molecule has 1 aliphatic carbocycles. The molecule has 1 aromatic heterocycles. The first kappa shape index (κ1) is 13.5. The summed E-state index contributed by atoms with van der Waals surface area (Å²) in [6.07, 6.45) is 5.82. The smallest absolute Gasteiger partial charge is 0.0570 e. The van der Waals surface area contributed by atoms with Crippen molar-refractivity contribution in [2.75, 3.05) is 0 Å². The van der Waals surface area contributed by atoms with Gasteiger partial charge in [0.15, 0.2) is 0 Å². The number of hydrogen-bond donors (Lipinski definition) is 1. The predicted octanol–water partition coefficient (Wildman–Crippen LogP) is 3.69. The molecule has 0 bridgehead atoms. The van der Waals surface area contributed by atoms with Crippen molar-refractivity contribution in [2.45, 2.75) is 59.5 Å². The first-order valence-corrected chi connectivity index (χ1v) is 7.10. The van der Waals surface area contributed by atoms with Gasteiger partial charge in [0.1, 0.15) is 0 Å². The van der Waals surface area contributed by atoms with Crippen molar-refractivity contribution >= 4 is 0 Å². The predicted molar refractivity (Wildman–Crippen MR) is 76.4 cm³/mol. The fourth-order valence-corrected chi connectivity index (χ4v) is 3.45. The molecule has 1 fully saturated rings. The van der Waals surface area contributed by atoms with E-state index in [0.717, 1.165) is 12.5 Å². The minimum absolute atomic E-state index is 0.481. The number of pyridine rings is 1. The molecule has 2 rings (SSSR count). The van der Waals surface area contributed by atoms with E-state index in [1.54, 1.807) is 0 Å². The van der Waals surface area contributed by atoms with E-state index < -0.39 is 0 Å². The van der Waals surface area contributed by atoms with Crippen LogP contribution in [-0.4, -0.2) is 11.0 Å². The van der Waals surface area contributed by atoms with Crippen LogP contribution in [0.1, 0.15) is 51.3 Å². The lowest BCUT2D eigenvalue weighted by Gasteiger charge is -2.39. The number of nitrogens with one attached hydrogen (secondary N) is 1. The molecule has 0 aliphatic heterocycles. The van der Waals surface area contributed by atoms with Crippen LogP contribution in [0.5, 0.6) is 0 Å². The first-order valence-electron chi connectivity index (χ1n) is 7.10. The van der Waals surface area contributed by atoms with Gasteiger partial charge in [-0.05, 0) is 49.1 Å². The Labute approximate surface area is 111 Å². The highest BCUT2D eigenvalue weighted by molar-refractivity contribution is 5.17. The van der Waals surface area contributed by atoms with E-state index in [1.165, 1.54) is 30.5 Å². The van der Waals surface area contributed by atoms with Crippen molar-refractivity contribution in [3.8, 4) is 0 Å². The zero-order valence-electron chi connectivity index (χ0n) is 12.2. The van der Waals surface area contributed by atoms with Gasteiger partial charge in [-0.3, -0.25) is 4.98 Å². The van der Waals surface area contributed by atoms with Gasteiger partial charge in [0, 0.05) is 18.8 Å². The molecular formula is C16H26N2. The van der Waals surface area contributed by atoms with Gasteiger partial charge in [-0.15, -0.1) is 0 Å². The standard InChI is InChI=1S/C16H26N2/c1-12-8-14(10-16(3,4)9-12)18-11-15-13(2)6-5-7-17-15/h5-7,12,14,18H,8-11H2,1-4H3. The molecule has 1 N–H and O–H groups in total. The Kier molecular flexibility index (Phi) is 4.06. The Hall–Kier alpha value is -0.890. The van der Waals surface area contributed by atoms with E-state index in [1.807, 2.05) is 12.3 Å². The Morgan fingerprint density at radius 3 is 2.83 bits per heavy atom. The molecule has 0 saturated heterocycles. The summed E-state index contributed by atoms with van der Waals surface area (Å²) in [5.74, 6) is 0.830. The molecule has 0 amide bonds. The maximum absolute atomic E-state index is 4.46. The molecule has 1 saturated carbocycles. The normalized spacial score (nSPS) is 27.1. The van der Waals surface area contributed by atoms with Gasteiger partial charge in [0.05, 0.1) is 5.69 Å². The van der Waals surface area contributed by atoms with E-state index >= 15 is 0 Å². The van der Waals surface area contributed by atoms with Gasteiger partial charge in [0.25, 0.3) is 0 Å². The van der Waals surface area contributed by atoms with Gasteiger partial charge < -0.3 is 5.32 Å². The third-order valence-electron chi connectivity index (χ3n) is 4.06. The Morgan fingerprint density at radius 2 is 2.17 bits per heavy atom. The summed E-state index contributed by atoms with van der Waals surface area (Å²) in [7, 11) is 0. The monoisotopic (exact) mass is 246 g/mol. The van der Waals surface area contributed by atoms with E-state index in [9.17, 15) is 0 Å². The van der Waals surface area contributed by atoms with Crippen molar-refractivity contribution in [1.82, 2.24) is 10.3 Å². The quantitative estimate of drug-likeness (QED) is 0.879. The summed E-state index contributed by atoms with van der Waals surface area (Å²) in [5, 5.41) is 3.70. The molecule has 2 atom stereocenters. The van der Waals surface area contributed by atoms with Crippen LogP contribution in [0.3, 0.4) is 0 Å². The second-order valence-electron chi connectivity index (χ2n) is 6.76. The van der Waals surface area contributed by atoms with Crippen LogP contribution in [0.4, 0.5) is 0 Å². The van der Waals surface area contributed by atoms with Crippen molar-refractivity contribution in [2.24, 2.45) is 11.3 Å². The highest BCUT2D eigenvalue weighted by Crippen LogP contribution is 2.38. The summed E-state index contributed by atoms with van der Waals surface area (Å²) in [4.78, 5) is 4.46. The highest BCUT2D eigenvalue weighted by atomic mass is 14.9. The van der Waals surface area contributed by atoms with E-state index in [-0.39, 0.29) is 0 Å². The molecule has 0 radical (unpaired) electrons. The molecule has 2 nitrogen and oxygen atoms in total. The summed E-state index contributed by atoms with van der Waals surface area (Å²) in [5.41, 5.74) is 2.95. The van der Waals surface area contributed by atoms with Gasteiger partial charge >= 0.3 is 0 Å². The second-order valence-corrected chi connectivity index (χ2v) is 6.76. The van der Waals surface area contributed by atoms with Gasteiger partial charge in [-0.2, -0.15) is 0 Å². The van der Waals surface area contributed by atoms with Crippen molar-refractivity contribution < 1.29 is 0 Å². The molecule has 0 spiro atoms. The number of rotatable bonds is 3. The molecular weight excluding hydrogens is 220 g/mol. The maximum atomic E-state index is 4.46. The number of hydrogen-bond acceptors (Lipinski definition) is 2. The molecule has 1 aliphatic rings. The summed E-state index contributed by atoms with van der Waals surface area (Å²) >= 11 is 0. The number of aromatic nitrogens is 1. The van der Waals surface area contributed by atoms with Gasteiger partial charge in [-0.25, -0.2) is 0 Å². The van der Waals surface area contributed by atoms with E-state index in [2.05, 4.69) is 44.1 Å². The topological polar surface area (TPSA) is 24.9 Å². The fourth-order valence-electron chi connectivity index (χ4n) is 3.45. The molecule has 18 heavy (non-hydrogen) atoms. The second kappa shape index (κ2) is 5.40. The molecule has 0 aromatic carbocycles. The van der Waals surface area contributed by atoms with Crippen LogP contribution < -0.4 is 5.32 Å². The largest absolute Gasteiger partial charge is 0.308 e. The van der Waals surface area contributed by atoms with Crippen LogP contribution in [0.2, 0.25) is 0 Å². The van der Waals surface area contributed by atoms with Crippen LogP contribution in [-0.2, 0) is 6.54 Å². The van der Waals surface area contributed by atoms with Crippen LogP contribution in [0.25, 0.3) is 0 Å². The first-order chi connectivity index (χ1) is 8.46. The van der Waals surface area contributed by atoms with Crippen molar-refractivity contribution in [1.29, 1.82) is 0 Å². The molecule has 100 valence electrons. The minimum atomic E-state index is 0.481. The number of nitrogens with zero attached hydrogens (tertiary/aromatic N) is 1. The molecule has 1 aromatic rings. The zero-order valence-corrected chi connectivity index (χ0v) is 12.2. The summed E-state index contributed by atoms with van der Waals surface area (Å²) in [6.45, 7) is 10.2. The lowest BCUT2D eigenvalue weighted by Crippen LogP contribution is -2.40. The highest BCUT2D eigenvalue weighted by Gasteiger charge is 2.31. The minimum Gasteiger partial charge on any atom is -0.308 e. The molecule has 1 heterocycles. The Morgan fingerprint density at radius 1 is 1.39 bits per heavy atom. The van der Waals surface area contributed by atoms with Crippen LogP contribution in [0, 0.1) is 18.3 Å². The zero-order chi connectivity index (χ0) is 13.2. The van der Waals surface area contributed by atoms with Crippen LogP contribution in [0.15, 0.2) is 18.3 Å². The Bertz CT molecular complexity index is 398. The molecule has 2 heteroatoms. The lowest BCUT2D eigenvalue weighted by atomic mass is 9.70. The number of aryl methyl sites for hydroxylation is 1. The third-order valence-corrected chi connectivity index (χ3v) is 4.06. The van der Waals surface area contributed by atoms with E-state index in [4.69, 9.17) is 0 Å². The Balaban J connectivity index is 1.92. The van der Waals surface area contributed by atoms with Crippen molar-refractivity contribution in [3.63, 3.8) is 0 Å². The summed E-state index contributed by atoms with van der Waals surface area (Å²) in [6, 6.07) is 4.78. The van der Waals surface area contributed by atoms with Crippen LogP contribution >= 0.6 is 0 Å². The third kappa shape index (κ3) is 3.55. The average molecular weight is 246 g/mol.